The molecule has 0 fully saturated rings. The fraction of sp³-hybridized carbons (Fsp3) is 0.353. The molecule has 0 unspecified atom stereocenters. The third-order valence-electron chi connectivity index (χ3n) is 3.44. The van der Waals surface area contributed by atoms with Crippen LogP contribution >= 0.6 is 0 Å². The van der Waals surface area contributed by atoms with Crippen molar-refractivity contribution in [2.24, 2.45) is 0 Å². The molecular formula is C17H22N4O4. The largest absolute Gasteiger partial charge is 0.492 e. The number of aromatic amines is 1. The lowest BCUT2D eigenvalue weighted by molar-refractivity contribution is -0.117. The number of benzene rings is 1. The van der Waals surface area contributed by atoms with Gasteiger partial charge < -0.3 is 9.64 Å². The molecule has 0 atom stereocenters. The zero-order valence-electron chi connectivity index (χ0n) is 14.3. The Morgan fingerprint density at radius 2 is 1.92 bits per heavy atom. The van der Waals surface area contributed by atoms with E-state index in [4.69, 9.17) is 4.74 Å². The number of rotatable bonds is 8. The molecule has 8 heteroatoms. The summed E-state index contributed by atoms with van der Waals surface area (Å²) in [7, 11) is 3.97. The van der Waals surface area contributed by atoms with Crippen LogP contribution < -0.4 is 21.4 Å². The highest BCUT2D eigenvalue weighted by Gasteiger charge is 2.05. The van der Waals surface area contributed by atoms with E-state index < -0.39 is 11.2 Å². The van der Waals surface area contributed by atoms with Gasteiger partial charge in [-0.15, -0.1) is 0 Å². The Labute approximate surface area is 145 Å². The van der Waals surface area contributed by atoms with E-state index in [0.717, 1.165) is 28.6 Å². The van der Waals surface area contributed by atoms with Crippen molar-refractivity contribution in [2.75, 3.05) is 32.7 Å². The maximum absolute atomic E-state index is 11.9. The first-order chi connectivity index (χ1) is 11.9. The SMILES string of the molecule is CN(C)CCOc1ccc(CCC(=O)Nn2ccc(=O)[nH]c2=O)cc1. The van der Waals surface area contributed by atoms with Crippen molar-refractivity contribution in [1.82, 2.24) is 14.6 Å². The van der Waals surface area contributed by atoms with E-state index in [9.17, 15) is 14.4 Å². The fourth-order valence-corrected chi connectivity index (χ4v) is 2.05. The minimum Gasteiger partial charge on any atom is -0.492 e. The van der Waals surface area contributed by atoms with Crippen molar-refractivity contribution < 1.29 is 9.53 Å². The van der Waals surface area contributed by atoms with E-state index in [1.54, 1.807) is 0 Å². The molecule has 2 rings (SSSR count). The highest BCUT2D eigenvalue weighted by molar-refractivity contribution is 5.83. The lowest BCUT2D eigenvalue weighted by Crippen LogP contribution is -2.37. The summed E-state index contributed by atoms with van der Waals surface area (Å²) in [6, 6.07) is 8.72. The Morgan fingerprint density at radius 1 is 1.20 bits per heavy atom. The maximum Gasteiger partial charge on any atom is 0.347 e. The van der Waals surface area contributed by atoms with Gasteiger partial charge in [0.25, 0.3) is 5.56 Å². The zero-order chi connectivity index (χ0) is 18.2. The average Bonchev–Trinajstić information content (AvgIpc) is 2.56. The Balaban J connectivity index is 1.81. The van der Waals surface area contributed by atoms with Crippen LogP contribution in [0.3, 0.4) is 0 Å². The number of likely N-dealkylation sites (N-methyl/N-ethyl adjacent to an activating group) is 1. The number of carbonyl (C=O) groups is 1. The van der Waals surface area contributed by atoms with Gasteiger partial charge in [-0.05, 0) is 38.2 Å². The van der Waals surface area contributed by atoms with Crippen LogP contribution in [0.5, 0.6) is 5.75 Å². The summed E-state index contributed by atoms with van der Waals surface area (Å²) in [5.74, 6) is 0.468. The fourth-order valence-electron chi connectivity index (χ4n) is 2.05. The number of carbonyl (C=O) groups excluding carboxylic acids is 1. The number of hydrogen-bond acceptors (Lipinski definition) is 5. The third-order valence-corrected chi connectivity index (χ3v) is 3.44. The number of nitrogens with zero attached hydrogens (tertiary/aromatic N) is 2. The second-order valence-electron chi connectivity index (χ2n) is 5.81. The molecule has 1 amide bonds. The van der Waals surface area contributed by atoms with Crippen molar-refractivity contribution in [3.05, 3.63) is 62.9 Å². The van der Waals surface area contributed by atoms with E-state index in [1.807, 2.05) is 43.3 Å². The number of aryl methyl sites for hydroxylation is 1. The van der Waals surface area contributed by atoms with Crippen molar-refractivity contribution in [3.63, 3.8) is 0 Å². The van der Waals surface area contributed by atoms with Crippen LogP contribution in [0, 0.1) is 0 Å². The van der Waals surface area contributed by atoms with E-state index in [-0.39, 0.29) is 12.3 Å². The van der Waals surface area contributed by atoms with E-state index in [0.29, 0.717) is 13.0 Å². The third kappa shape index (κ3) is 6.27. The van der Waals surface area contributed by atoms with Crippen LogP contribution in [0.15, 0.2) is 46.1 Å². The molecule has 0 spiro atoms. The summed E-state index contributed by atoms with van der Waals surface area (Å²) < 4.78 is 6.56. The molecule has 0 bridgehead atoms. The summed E-state index contributed by atoms with van der Waals surface area (Å²) in [5.41, 5.74) is 2.22. The monoisotopic (exact) mass is 346 g/mol. The summed E-state index contributed by atoms with van der Waals surface area (Å²) in [6.45, 7) is 1.45. The topological polar surface area (TPSA) is 96.4 Å². The number of H-pyrrole nitrogens is 1. The summed E-state index contributed by atoms with van der Waals surface area (Å²) in [4.78, 5) is 38.5. The Kier molecular flexibility index (Phi) is 6.53. The van der Waals surface area contributed by atoms with Gasteiger partial charge in [0.15, 0.2) is 0 Å². The average molecular weight is 346 g/mol. The van der Waals surface area contributed by atoms with Crippen LogP contribution in [-0.4, -0.2) is 47.7 Å². The minimum atomic E-state index is -0.680. The van der Waals surface area contributed by atoms with Crippen LogP contribution in [-0.2, 0) is 11.2 Å². The van der Waals surface area contributed by atoms with Crippen LogP contribution in [0.25, 0.3) is 0 Å². The van der Waals surface area contributed by atoms with Gasteiger partial charge in [0.2, 0.25) is 5.91 Å². The van der Waals surface area contributed by atoms with Crippen molar-refractivity contribution >= 4 is 5.91 Å². The molecule has 1 aromatic heterocycles. The number of ether oxygens (including phenoxy) is 1. The summed E-state index contributed by atoms with van der Waals surface area (Å²) >= 11 is 0. The van der Waals surface area contributed by atoms with Crippen LogP contribution in [0.1, 0.15) is 12.0 Å². The molecule has 0 aliphatic heterocycles. The van der Waals surface area contributed by atoms with Gasteiger partial charge >= 0.3 is 5.69 Å². The standard InChI is InChI=1S/C17H22N4O4/c1-20(2)11-12-25-14-6-3-13(4-7-14)5-8-16(23)19-21-10-9-15(22)18-17(21)24/h3-4,6-7,9-10H,5,8,11-12H2,1-2H3,(H,19,23)(H,18,22,24). The van der Waals surface area contributed by atoms with Crippen molar-refractivity contribution in [1.29, 1.82) is 0 Å². The van der Waals surface area contributed by atoms with Gasteiger partial charge in [0.05, 0.1) is 0 Å². The second kappa shape index (κ2) is 8.84. The summed E-state index contributed by atoms with van der Waals surface area (Å²) in [6.07, 6.45) is 1.97. The minimum absolute atomic E-state index is 0.215. The van der Waals surface area contributed by atoms with E-state index >= 15 is 0 Å². The molecule has 8 nitrogen and oxygen atoms in total. The molecule has 0 saturated carbocycles. The molecule has 134 valence electrons. The first kappa shape index (κ1) is 18.5. The van der Waals surface area contributed by atoms with Gasteiger partial charge in [0, 0.05) is 25.2 Å². The highest BCUT2D eigenvalue weighted by atomic mass is 16.5. The first-order valence-electron chi connectivity index (χ1n) is 7.92. The molecule has 0 aliphatic carbocycles. The first-order valence-corrected chi connectivity index (χ1v) is 7.92. The molecule has 0 saturated heterocycles. The lowest BCUT2D eigenvalue weighted by Gasteiger charge is -2.11. The van der Waals surface area contributed by atoms with Crippen molar-refractivity contribution in [3.8, 4) is 5.75 Å². The van der Waals surface area contributed by atoms with Crippen LogP contribution in [0.2, 0.25) is 0 Å². The normalized spacial score (nSPS) is 10.7. The molecule has 0 aliphatic rings. The number of amides is 1. The highest BCUT2D eigenvalue weighted by Crippen LogP contribution is 2.13. The van der Waals surface area contributed by atoms with E-state index in [1.165, 1.54) is 6.20 Å². The van der Waals surface area contributed by atoms with Gasteiger partial charge in [-0.25, -0.2) is 9.47 Å². The molecule has 1 heterocycles. The van der Waals surface area contributed by atoms with Crippen molar-refractivity contribution in [2.45, 2.75) is 12.8 Å². The predicted molar refractivity (Wildman–Crippen MR) is 94.5 cm³/mol. The maximum atomic E-state index is 11.9. The second-order valence-corrected chi connectivity index (χ2v) is 5.81. The number of aromatic nitrogens is 2. The summed E-state index contributed by atoms with van der Waals surface area (Å²) in [5, 5.41) is 0. The van der Waals surface area contributed by atoms with Gasteiger partial charge in [0.1, 0.15) is 12.4 Å². The number of hydrogen-bond donors (Lipinski definition) is 2. The predicted octanol–water partition coefficient (Wildman–Crippen LogP) is 0.180. The molecule has 2 aromatic rings. The molecule has 25 heavy (non-hydrogen) atoms. The van der Waals surface area contributed by atoms with Gasteiger partial charge in [-0.2, -0.15) is 0 Å². The van der Waals surface area contributed by atoms with Crippen LogP contribution in [0.4, 0.5) is 0 Å². The molecule has 0 radical (unpaired) electrons. The van der Waals surface area contributed by atoms with Gasteiger partial charge in [-0.1, -0.05) is 12.1 Å². The van der Waals surface area contributed by atoms with Gasteiger partial charge in [-0.3, -0.25) is 20.0 Å². The Bertz CT molecular complexity index is 808. The lowest BCUT2D eigenvalue weighted by atomic mass is 10.1. The number of nitrogens with one attached hydrogen (secondary N) is 2. The quantitative estimate of drug-likeness (QED) is 0.711. The Morgan fingerprint density at radius 3 is 2.56 bits per heavy atom. The van der Waals surface area contributed by atoms with E-state index in [2.05, 4.69) is 10.4 Å². The molecule has 2 N–H and O–H groups in total. The molecule has 1 aromatic carbocycles. The Hall–Kier alpha value is -2.87. The smallest absolute Gasteiger partial charge is 0.347 e. The molecular weight excluding hydrogens is 324 g/mol. The zero-order valence-corrected chi connectivity index (χ0v) is 14.3.